The normalized spacial score (nSPS) is 11.2. The van der Waals surface area contributed by atoms with Gasteiger partial charge in [-0.2, -0.15) is 0 Å². The summed E-state index contributed by atoms with van der Waals surface area (Å²) in [6.45, 7) is 1.93. The maximum atomic E-state index is 10.9. The molecular formula is C13H12N4O4. The van der Waals surface area contributed by atoms with Gasteiger partial charge in [0.05, 0.1) is 4.92 Å². The number of nitrogens with two attached hydrogens (primary N) is 1. The van der Waals surface area contributed by atoms with E-state index in [-0.39, 0.29) is 17.3 Å². The van der Waals surface area contributed by atoms with Crippen LogP contribution in [0.25, 0.3) is 0 Å². The first-order chi connectivity index (χ1) is 10.0. The molecule has 1 aromatic heterocycles. The average molecular weight is 288 g/mol. The average Bonchev–Trinajstić information content (AvgIpc) is 2.48. The monoisotopic (exact) mass is 288 g/mol. The van der Waals surface area contributed by atoms with Gasteiger partial charge in [-0.15, -0.1) is 0 Å². The maximum Gasteiger partial charge on any atom is 0.299 e. The zero-order chi connectivity index (χ0) is 15.4. The van der Waals surface area contributed by atoms with Crippen molar-refractivity contribution in [2.75, 3.05) is 0 Å². The van der Waals surface area contributed by atoms with Gasteiger partial charge in [0.1, 0.15) is 5.75 Å². The van der Waals surface area contributed by atoms with Gasteiger partial charge >= 0.3 is 0 Å². The lowest BCUT2D eigenvalue weighted by Crippen LogP contribution is -2.17. The minimum Gasteiger partial charge on any atom is -0.439 e. The van der Waals surface area contributed by atoms with E-state index in [1.807, 2.05) is 19.1 Å². The Labute approximate surface area is 119 Å². The number of hydrogen-bond donors (Lipinski definition) is 2. The molecule has 0 unspecified atom stereocenters. The van der Waals surface area contributed by atoms with Gasteiger partial charge in [-0.05, 0) is 19.1 Å². The van der Waals surface area contributed by atoms with Gasteiger partial charge in [0, 0.05) is 12.1 Å². The second-order valence-electron chi connectivity index (χ2n) is 4.17. The SMILES string of the molecule is Cc1ccc(Oc2ccc([N+](=O)[O-])c(/C(N)=N/O)n2)cc1. The van der Waals surface area contributed by atoms with Crippen LogP contribution in [0.3, 0.4) is 0 Å². The molecule has 0 spiro atoms. The number of oxime groups is 1. The van der Waals surface area contributed by atoms with E-state index < -0.39 is 10.8 Å². The number of rotatable bonds is 4. The van der Waals surface area contributed by atoms with Crippen LogP contribution in [-0.4, -0.2) is 21.0 Å². The molecule has 108 valence electrons. The number of nitro groups is 1. The van der Waals surface area contributed by atoms with Crippen molar-refractivity contribution in [2.45, 2.75) is 6.92 Å². The molecule has 1 heterocycles. The molecule has 1 aromatic carbocycles. The minimum atomic E-state index is -0.671. The summed E-state index contributed by atoms with van der Waals surface area (Å²) in [5.41, 5.74) is 5.83. The van der Waals surface area contributed by atoms with Crippen molar-refractivity contribution in [3.05, 3.63) is 57.8 Å². The highest BCUT2D eigenvalue weighted by atomic mass is 16.6. The lowest BCUT2D eigenvalue weighted by atomic mass is 10.2. The van der Waals surface area contributed by atoms with Crippen LogP contribution in [0, 0.1) is 17.0 Å². The summed E-state index contributed by atoms with van der Waals surface area (Å²) in [6, 6.07) is 9.70. The molecule has 0 bridgehead atoms. The summed E-state index contributed by atoms with van der Waals surface area (Å²) < 4.78 is 5.48. The summed E-state index contributed by atoms with van der Waals surface area (Å²) in [5.74, 6) is 0.162. The van der Waals surface area contributed by atoms with E-state index in [2.05, 4.69) is 10.1 Å². The van der Waals surface area contributed by atoms with Crippen molar-refractivity contribution < 1.29 is 14.9 Å². The molecule has 0 fully saturated rings. The number of aromatic nitrogens is 1. The number of pyridine rings is 1. The first kappa shape index (κ1) is 14.3. The third-order valence-corrected chi connectivity index (χ3v) is 2.64. The number of amidine groups is 1. The summed E-state index contributed by atoms with van der Waals surface area (Å²) in [4.78, 5) is 14.1. The van der Waals surface area contributed by atoms with Crippen LogP contribution >= 0.6 is 0 Å². The lowest BCUT2D eigenvalue weighted by molar-refractivity contribution is -0.385. The Morgan fingerprint density at radius 3 is 2.57 bits per heavy atom. The number of ether oxygens (including phenoxy) is 1. The second-order valence-corrected chi connectivity index (χ2v) is 4.17. The van der Waals surface area contributed by atoms with Gasteiger partial charge in [0.15, 0.2) is 11.5 Å². The van der Waals surface area contributed by atoms with Gasteiger partial charge in [0.25, 0.3) is 5.69 Å². The molecule has 0 saturated heterocycles. The molecule has 0 atom stereocenters. The number of hydrogen-bond acceptors (Lipinski definition) is 6. The fraction of sp³-hybridized carbons (Fsp3) is 0.0769. The summed E-state index contributed by atoms with van der Waals surface area (Å²) >= 11 is 0. The van der Waals surface area contributed by atoms with Gasteiger partial charge in [-0.25, -0.2) is 4.98 Å². The molecular weight excluding hydrogens is 276 g/mol. The zero-order valence-corrected chi connectivity index (χ0v) is 11.1. The predicted octanol–water partition coefficient (Wildman–Crippen LogP) is 2.19. The van der Waals surface area contributed by atoms with Crippen molar-refractivity contribution in [1.29, 1.82) is 0 Å². The van der Waals surface area contributed by atoms with Crippen LogP contribution in [0.15, 0.2) is 41.6 Å². The van der Waals surface area contributed by atoms with Gasteiger partial charge in [-0.3, -0.25) is 10.1 Å². The topological polar surface area (TPSA) is 124 Å². The molecule has 0 amide bonds. The Balaban J connectivity index is 2.37. The van der Waals surface area contributed by atoms with Gasteiger partial charge < -0.3 is 15.7 Å². The Bertz CT molecular complexity index is 698. The molecule has 0 saturated carbocycles. The van der Waals surface area contributed by atoms with Crippen LogP contribution in [0.4, 0.5) is 5.69 Å². The van der Waals surface area contributed by atoms with Crippen molar-refractivity contribution >= 4 is 11.5 Å². The Hall–Kier alpha value is -3.16. The molecule has 2 rings (SSSR count). The molecule has 0 aliphatic heterocycles. The predicted molar refractivity (Wildman–Crippen MR) is 74.7 cm³/mol. The number of benzene rings is 1. The van der Waals surface area contributed by atoms with E-state index in [1.54, 1.807) is 12.1 Å². The highest BCUT2D eigenvalue weighted by molar-refractivity contribution is 5.98. The third-order valence-electron chi connectivity index (χ3n) is 2.64. The van der Waals surface area contributed by atoms with Gasteiger partial charge in [0.2, 0.25) is 5.88 Å². The molecule has 0 aliphatic rings. The molecule has 0 radical (unpaired) electrons. The van der Waals surface area contributed by atoms with Gasteiger partial charge in [-0.1, -0.05) is 22.9 Å². The zero-order valence-electron chi connectivity index (χ0n) is 11.1. The van der Waals surface area contributed by atoms with Crippen LogP contribution in [0.1, 0.15) is 11.3 Å². The highest BCUT2D eigenvalue weighted by Crippen LogP contribution is 2.24. The second kappa shape index (κ2) is 5.87. The quantitative estimate of drug-likeness (QED) is 0.292. The first-order valence-corrected chi connectivity index (χ1v) is 5.89. The van der Waals surface area contributed by atoms with Crippen LogP contribution in [0.5, 0.6) is 11.6 Å². The first-order valence-electron chi connectivity index (χ1n) is 5.89. The summed E-state index contributed by atoms with van der Waals surface area (Å²) in [6.07, 6.45) is 0. The Morgan fingerprint density at radius 2 is 2.00 bits per heavy atom. The molecule has 0 aliphatic carbocycles. The summed E-state index contributed by atoms with van der Waals surface area (Å²) in [5, 5.41) is 22.3. The van der Waals surface area contributed by atoms with Crippen molar-refractivity contribution in [1.82, 2.24) is 4.98 Å². The van der Waals surface area contributed by atoms with Crippen molar-refractivity contribution in [3.8, 4) is 11.6 Å². The van der Waals surface area contributed by atoms with Crippen LogP contribution < -0.4 is 10.5 Å². The fourth-order valence-corrected chi connectivity index (χ4v) is 1.60. The van der Waals surface area contributed by atoms with Crippen LogP contribution in [0.2, 0.25) is 0 Å². The van der Waals surface area contributed by atoms with Crippen molar-refractivity contribution in [3.63, 3.8) is 0 Å². The van der Waals surface area contributed by atoms with Crippen LogP contribution in [-0.2, 0) is 0 Å². The fourth-order valence-electron chi connectivity index (χ4n) is 1.60. The van der Waals surface area contributed by atoms with E-state index in [1.165, 1.54) is 12.1 Å². The van der Waals surface area contributed by atoms with E-state index >= 15 is 0 Å². The third kappa shape index (κ3) is 3.24. The molecule has 8 nitrogen and oxygen atoms in total. The van der Waals surface area contributed by atoms with E-state index in [4.69, 9.17) is 15.7 Å². The maximum absolute atomic E-state index is 10.9. The number of nitrogens with zero attached hydrogens (tertiary/aromatic N) is 3. The lowest BCUT2D eigenvalue weighted by Gasteiger charge is -2.07. The molecule has 3 N–H and O–H groups in total. The standard InChI is InChI=1S/C13H12N4O4/c1-8-2-4-9(5-3-8)21-11-7-6-10(17(19)20)12(15-11)13(14)16-18/h2-7,18H,1H3,(H2,14,16). The summed E-state index contributed by atoms with van der Waals surface area (Å²) in [7, 11) is 0. The Morgan fingerprint density at radius 1 is 1.33 bits per heavy atom. The van der Waals surface area contributed by atoms with Crippen molar-refractivity contribution in [2.24, 2.45) is 10.9 Å². The molecule has 2 aromatic rings. The van der Waals surface area contributed by atoms with E-state index in [0.717, 1.165) is 5.56 Å². The van der Waals surface area contributed by atoms with E-state index in [0.29, 0.717) is 5.75 Å². The molecule has 8 heteroatoms. The number of aryl methyl sites for hydroxylation is 1. The minimum absolute atomic E-state index is 0.103. The van der Waals surface area contributed by atoms with E-state index in [9.17, 15) is 10.1 Å². The largest absolute Gasteiger partial charge is 0.439 e. The highest BCUT2D eigenvalue weighted by Gasteiger charge is 2.20. The smallest absolute Gasteiger partial charge is 0.299 e. The Kier molecular flexibility index (Phi) is 3.98. The molecule has 21 heavy (non-hydrogen) atoms.